The summed E-state index contributed by atoms with van der Waals surface area (Å²) in [4.78, 5) is 16.9. The average molecular weight is 367 g/mol. The number of likely N-dealkylation sites (N-methyl/N-ethyl adjacent to an activating group) is 1. The first kappa shape index (κ1) is 17.6. The lowest BCUT2D eigenvalue weighted by atomic mass is 10.0. The molecule has 1 amide bonds. The molecule has 0 saturated carbocycles. The van der Waals surface area contributed by atoms with Crippen LogP contribution in [0.3, 0.4) is 0 Å². The smallest absolute Gasteiger partial charge is 0.253 e. The molecule has 1 aliphatic heterocycles. The maximum Gasteiger partial charge on any atom is 0.253 e. The van der Waals surface area contributed by atoms with Crippen LogP contribution in [0.2, 0.25) is 0 Å². The summed E-state index contributed by atoms with van der Waals surface area (Å²) in [6, 6.07) is 12.3. The van der Waals surface area contributed by atoms with Gasteiger partial charge in [0.05, 0.1) is 0 Å². The van der Waals surface area contributed by atoms with Gasteiger partial charge in [-0.1, -0.05) is 18.2 Å². The first-order chi connectivity index (χ1) is 13.1. The molecule has 1 aromatic heterocycles. The van der Waals surface area contributed by atoms with Crippen LogP contribution in [-0.2, 0) is 6.54 Å². The summed E-state index contributed by atoms with van der Waals surface area (Å²) in [6.45, 7) is 2.22. The summed E-state index contributed by atoms with van der Waals surface area (Å²) >= 11 is 0. The monoisotopic (exact) mass is 367 g/mol. The van der Waals surface area contributed by atoms with Gasteiger partial charge in [-0.05, 0) is 43.7 Å². The molecule has 7 heteroatoms. The molecule has 1 N–H and O–H groups in total. The fourth-order valence-electron chi connectivity index (χ4n) is 3.70. The summed E-state index contributed by atoms with van der Waals surface area (Å²) in [6.07, 6.45) is 1.93. The summed E-state index contributed by atoms with van der Waals surface area (Å²) in [5, 5.41) is 10.6. The number of H-pyrrole nitrogens is 1. The fourth-order valence-corrected chi connectivity index (χ4v) is 3.70. The number of fused-ring (bicyclic) bond motifs is 1. The van der Waals surface area contributed by atoms with E-state index in [1.165, 1.54) is 6.07 Å². The Morgan fingerprint density at radius 2 is 2.07 bits per heavy atom. The minimum absolute atomic E-state index is 0.0300. The van der Waals surface area contributed by atoms with E-state index < -0.39 is 0 Å². The molecule has 0 unspecified atom stereocenters. The van der Waals surface area contributed by atoms with E-state index >= 15 is 0 Å². The van der Waals surface area contributed by atoms with Crippen LogP contribution in [0.15, 0.2) is 42.5 Å². The van der Waals surface area contributed by atoms with Crippen molar-refractivity contribution in [2.45, 2.75) is 25.4 Å². The predicted octanol–water partition coefficient (Wildman–Crippen LogP) is 2.83. The number of likely N-dealkylation sites (tertiary alicyclic amines) is 1. The van der Waals surface area contributed by atoms with Gasteiger partial charge in [0.2, 0.25) is 0 Å². The third-order valence-corrected chi connectivity index (χ3v) is 5.26. The lowest BCUT2D eigenvalue weighted by Crippen LogP contribution is -2.48. The normalized spacial score (nSPS) is 17.9. The van der Waals surface area contributed by atoms with E-state index in [1.54, 1.807) is 29.2 Å². The average Bonchev–Trinajstić information content (AvgIpc) is 3.16. The third kappa shape index (κ3) is 3.68. The molecule has 3 aromatic rings. The number of nitrogens with zero attached hydrogens (tertiary/aromatic N) is 4. The quantitative estimate of drug-likeness (QED) is 0.770. The largest absolute Gasteiger partial charge is 0.337 e. The number of aromatic amines is 1. The Morgan fingerprint density at radius 3 is 2.93 bits per heavy atom. The van der Waals surface area contributed by atoms with Crippen molar-refractivity contribution in [3.8, 4) is 0 Å². The van der Waals surface area contributed by atoms with Crippen molar-refractivity contribution in [3.63, 3.8) is 0 Å². The van der Waals surface area contributed by atoms with Crippen molar-refractivity contribution in [1.29, 1.82) is 0 Å². The molecule has 4 rings (SSSR count). The van der Waals surface area contributed by atoms with Crippen molar-refractivity contribution in [2.75, 3.05) is 20.1 Å². The van der Waals surface area contributed by atoms with Crippen LogP contribution in [0.5, 0.6) is 0 Å². The maximum atomic E-state index is 13.9. The number of piperidine rings is 1. The van der Waals surface area contributed by atoms with E-state index in [2.05, 4.69) is 20.3 Å². The van der Waals surface area contributed by atoms with Crippen LogP contribution in [0, 0.1) is 5.82 Å². The third-order valence-electron chi connectivity index (χ3n) is 5.26. The van der Waals surface area contributed by atoms with Gasteiger partial charge < -0.3 is 4.90 Å². The number of hydrogen-bond donors (Lipinski definition) is 1. The highest BCUT2D eigenvalue weighted by molar-refractivity contribution is 5.97. The first-order valence-electron chi connectivity index (χ1n) is 9.15. The Labute approximate surface area is 157 Å². The van der Waals surface area contributed by atoms with Crippen molar-refractivity contribution in [3.05, 3.63) is 59.4 Å². The zero-order valence-corrected chi connectivity index (χ0v) is 15.2. The lowest BCUT2D eigenvalue weighted by Gasteiger charge is -2.37. The fraction of sp³-hybridized carbons (Fsp3) is 0.350. The van der Waals surface area contributed by atoms with E-state index in [-0.39, 0.29) is 17.8 Å². The Hall–Kier alpha value is -2.80. The molecule has 0 spiro atoms. The number of aromatic nitrogens is 3. The lowest BCUT2D eigenvalue weighted by molar-refractivity contribution is 0.0608. The number of carbonyl (C=O) groups excluding carboxylic acids is 1. The van der Waals surface area contributed by atoms with E-state index in [0.29, 0.717) is 23.2 Å². The molecule has 6 nitrogen and oxygen atoms in total. The highest BCUT2D eigenvalue weighted by Crippen LogP contribution is 2.21. The number of halogens is 1. The van der Waals surface area contributed by atoms with Crippen LogP contribution in [0.1, 0.15) is 28.8 Å². The topological polar surface area (TPSA) is 65.1 Å². The van der Waals surface area contributed by atoms with Gasteiger partial charge in [0.1, 0.15) is 16.9 Å². The van der Waals surface area contributed by atoms with Gasteiger partial charge in [-0.15, -0.1) is 0 Å². The Balaban J connectivity index is 1.45. The van der Waals surface area contributed by atoms with Gasteiger partial charge in [0.25, 0.3) is 5.91 Å². The number of amides is 1. The van der Waals surface area contributed by atoms with E-state index in [9.17, 15) is 9.18 Å². The van der Waals surface area contributed by atoms with Crippen LogP contribution in [-0.4, -0.2) is 57.3 Å². The van der Waals surface area contributed by atoms with E-state index in [0.717, 1.165) is 31.4 Å². The molecule has 0 aliphatic carbocycles. The second kappa shape index (κ2) is 7.44. The summed E-state index contributed by atoms with van der Waals surface area (Å²) in [7, 11) is 1.84. The Morgan fingerprint density at radius 1 is 1.26 bits per heavy atom. The molecule has 1 aliphatic rings. The molecule has 0 bridgehead atoms. The van der Waals surface area contributed by atoms with Crippen molar-refractivity contribution >= 4 is 16.9 Å². The zero-order valence-electron chi connectivity index (χ0n) is 15.2. The van der Waals surface area contributed by atoms with Gasteiger partial charge in [0, 0.05) is 37.3 Å². The molecule has 0 radical (unpaired) electrons. The summed E-state index contributed by atoms with van der Waals surface area (Å²) in [5.41, 5.74) is 2.72. The Bertz CT molecular complexity index is 956. The zero-order chi connectivity index (χ0) is 18.8. The molecule has 2 aromatic carbocycles. The van der Waals surface area contributed by atoms with E-state index in [4.69, 9.17) is 0 Å². The van der Waals surface area contributed by atoms with Crippen LogP contribution < -0.4 is 0 Å². The molecule has 1 fully saturated rings. The van der Waals surface area contributed by atoms with Crippen molar-refractivity contribution in [1.82, 2.24) is 25.2 Å². The molecule has 1 atom stereocenters. The minimum Gasteiger partial charge on any atom is -0.337 e. The number of nitrogens with one attached hydrogen (secondary N) is 1. The second-order valence-corrected chi connectivity index (χ2v) is 7.07. The summed E-state index contributed by atoms with van der Waals surface area (Å²) in [5.74, 6) is -0.206. The maximum absolute atomic E-state index is 13.9. The highest BCUT2D eigenvalue weighted by Gasteiger charge is 2.27. The predicted molar refractivity (Wildman–Crippen MR) is 101 cm³/mol. The van der Waals surface area contributed by atoms with Crippen LogP contribution >= 0.6 is 0 Å². The molecule has 140 valence electrons. The highest BCUT2D eigenvalue weighted by atomic mass is 19.1. The first-order valence-corrected chi connectivity index (χ1v) is 9.15. The SMILES string of the molecule is CN(C(=O)c1ccc2n[nH]nc2c1)[C@@H]1CCCN(Cc2ccccc2F)C1. The standard InChI is InChI=1S/C20H22FN5O/c1-25(20(27)14-8-9-18-19(11-14)23-24-22-18)16-6-4-10-26(13-16)12-15-5-2-3-7-17(15)21/h2-3,5,7-9,11,16H,4,6,10,12-13H2,1H3,(H,22,23,24)/t16-/m1/s1. The molecule has 1 saturated heterocycles. The number of carbonyl (C=O) groups is 1. The molecule has 27 heavy (non-hydrogen) atoms. The van der Waals surface area contributed by atoms with Gasteiger partial charge in [-0.25, -0.2) is 4.39 Å². The number of hydrogen-bond acceptors (Lipinski definition) is 4. The number of benzene rings is 2. The van der Waals surface area contributed by atoms with Crippen LogP contribution in [0.4, 0.5) is 4.39 Å². The van der Waals surface area contributed by atoms with E-state index in [1.807, 2.05) is 19.2 Å². The Kier molecular flexibility index (Phi) is 4.85. The summed E-state index contributed by atoms with van der Waals surface area (Å²) < 4.78 is 13.9. The van der Waals surface area contributed by atoms with Gasteiger partial charge in [0.15, 0.2) is 0 Å². The molecule has 2 heterocycles. The molecular formula is C20H22FN5O. The number of rotatable bonds is 4. The van der Waals surface area contributed by atoms with Crippen LogP contribution in [0.25, 0.3) is 11.0 Å². The second-order valence-electron chi connectivity index (χ2n) is 7.07. The molecular weight excluding hydrogens is 345 g/mol. The van der Waals surface area contributed by atoms with Gasteiger partial charge in [-0.3, -0.25) is 9.69 Å². The minimum atomic E-state index is -0.176. The van der Waals surface area contributed by atoms with Gasteiger partial charge in [-0.2, -0.15) is 15.4 Å². The van der Waals surface area contributed by atoms with Crippen molar-refractivity contribution in [2.24, 2.45) is 0 Å². The van der Waals surface area contributed by atoms with Gasteiger partial charge >= 0.3 is 0 Å². The van der Waals surface area contributed by atoms with Crippen molar-refractivity contribution < 1.29 is 9.18 Å².